The topological polar surface area (TPSA) is 68.1 Å². The SMILES string of the molecule is CCC1CCCC(Nc2cc([N+](=O)[O-])cc(Cl)n2)C1. The Morgan fingerprint density at radius 3 is 3.00 bits per heavy atom. The van der Waals surface area contributed by atoms with E-state index < -0.39 is 4.92 Å². The summed E-state index contributed by atoms with van der Waals surface area (Å²) in [5, 5.41) is 14.2. The van der Waals surface area contributed by atoms with Crippen molar-refractivity contribution in [3.63, 3.8) is 0 Å². The zero-order valence-corrected chi connectivity index (χ0v) is 11.7. The maximum atomic E-state index is 10.8. The summed E-state index contributed by atoms with van der Waals surface area (Å²) in [6.07, 6.45) is 5.83. The molecule has 1 heterocycles. The van der Waals surface area contributed by atoms with Gasteiger partial charge in [0.15, 0.2) is 0 Å². The molecule has 19 heavy (non-hydrogen) atoms. The van der Waals surface area contributed by atoms with E-state index in [1.165, 1.54) is 31.4 Å². The fourth-order valence-electron chi connectivity index (χ4n) is 2.66. The van der Waals surface area contributed by atoms with Crippen molar-refractivity contribution in [2.45, 2.75) is 45.1 Å². The molecule has 0 radical (unpaired) electrons. The molecule has 0 bridgehead atoms. The van der Waals surface area contributed by atoms with Crippen molar-refractivity contribution in [1.82, 2.24) is 4.98 Å². The van der Waals surface area contributed by atoms with Gasteiger partial charge in [-0.2, -0.15) is 0 Å². The number of hydrogen-bond acceptors (Lipinski definition) is 4. The van der Waals surface area contributed by atoms with Gasteiger partial charge in [-0.15, -0.1) is 0 Å². The van der Waals surface area contributed by atoms with E-state index in [1.54, 1.807) is 0 Å². The number of nitrogens with zero attached hydrogens (tertiary/aromatic N) is 2. The Bertz CT molecular complexity index is 467. The Kier molecular flexibility index (Phi) is 4.58. The normalized spacial score (nSPS) is 23.1. The highest BCUT2D eigenvalue weighted by Crippen LogP contribution is 2.29. The molecule has 0 amide bonds. The number of pyridine rings is 1. The van der Waals surface area contributed by atoms with Gasteiger partial charge in [0.05, 0.1) is 17.1 Å². The molecule has 1 aromatic rings. The monoisotopic (exact) mass is 283 g/mol. The van der Waals surface area contributed by atoms with Crippen molar-refractivity contribution >= 4 is 23.1 Å². The summed E-state index contributed by atoms with van der Waals surface area (Å²) < 4.78 is 0. The van der Waals surface area contributed by atoms with Crippen LogP contribution < -0.4 is 5.32 Å². The second kappa shape index (κ2) is 6.19. The molecule has 0 aliphatic heterocycles. The molecule has 1 aromatic heterocycles. The Morgan fingerprint density at radius 2 is 2.32 bits per heavy atom. The molecule has 2 unspecified atom stereocenters. The van der Waals surface area contributed by atoms with Gasteiger partial charge in [-0.1, -0.05) is 37.8 Å². The molecular formula is C13H18ClN3O2. The van der Waals surface area contributed by atoms with E-state index in [9.17, 15) is 10.1 Å². The number of rotatable bonds is 4. The predicted octanol–water partition coefficient (Wildman–Crippen LogP) is 4.02. The number of hydrogen-bond donors (Lipinski definition) is 1. The largest absolute Gasteiger partial charge is 0.367 e. The van der Waals surface area contributed by atoms with Crippen LogP contribution in [0.3, 0.4) is 0 Å². The fourth-order valence-corrected chi connectivity index (χ4v) is 2.87. The molecule has 6 heteroatoms. The zero-order valence-electron chi connectivity index (χ0n) is 10.9. The van der Waals surface area contributed by atoms with Crippen LogP contribution in [-0.2, 0) is 0 Å². The smallest absolute Gasteiger partial charge is 0.276 e. The molecule has 0 spiro atoms. The summed E-state index contributed by atoms with van der Waals surface area (Å²) in [5.74, 6) is 1.24. The van der Waals surface area contributed by atoms with Crippen LogP contribution in [0.5, 0.6) is 0 Å². The third-order valence-electron chi connectivity index (χ3n) is 3.70. The second-order valence-corrected chi connectivity index (χ2v) is 5.46. The van der Waals surface area contributed by atoms with Crippen LogP contribution in [0.25, 0.3) is 0 Å². The molecule has 1 N–H and O–H groups in total. The van der Waals surface area contributed by atoms with E-state index in [-0.39, 0.29) is 10.8 Å². The molecular weight excluding hydrogens is 266 g/mol. The van der Waals surface area contributed by atoms with E-state index in [1.807, 2.05) is 0 Å². The lowest BCUT2D eigenvalue weighted by Crippen LogP contribution is -2.27. The third kappa shape index (κ3) is 3.80. The molecule has 1 fully saturated rings. The average Bonchev–Trinajstić information content (AvgIpc) is 2.38. The Morgan fingerprint density at radius 1 is 1.53 bits per heavy atom. The van der Waals surface area contributed by atoms with Gasteiger partial charge in [0, 0.05) is 6.04 Å². The minimum Gasteiger partial charge on any atom is -0.367 e. The first-order chi connectivity index (χ1) is 9.08. The molecule has 0 saturated heterocycles. The second-order valence-electron chi connectivity index (χ2n) is 5.07. The van der Waals surface area contributed by atoms with Crippen molar-refractivity contribution in [2.24, 2.45) is 5.92 Å². The fraction of sp³-hybridized carbons (Fsp3) is 0.615. The summed E-state index contributed by atoms with van der Waals surface area (Å²) in [7, 11) is 0. The van der Waals surface area contributed by atoms with Gasteiger partial charge in [-0.05, 0) is 18.8 Å². The van der Waals surface area contributed by atoms with Gasteiger partial charge in [0.2, 0.25) is 0 Å². The number of nitro groups is 1. The standard InChI is InChI=1S/C13H18ClN3O2/c1-2-9-4-3-5-10(6-9)15-13-8-11(17(18)19)7-12(14)16-13/h7-10H,2-6H2,1H3,(H,15,16). The van der Waals surface area contributed by atoms with Crippen LogP contribution in [0.15, 0.2) is 12.1 Å². The Labute approximate surface area is 117 Å². The minimum atomic E-state index is -0.450. The van der Waals surface area contributed by atoms with Crippen molar-refractivity contribution in [3.05, 3.63) is 27.4 Å². The van der Waals surface area contributed by atoms with Crippen LogP contribution in [0.4, 0.5) is 11.5 Å². The van der Waals surface area contributed by atoms with E-state index in [2.05, 4.69) is 17.2 Å². The highest BCUT2D eigenvalue weighted by molar-refractivity contribution is 6.29. The molecule has 5 nitrogen and oxygen atoms in total. The number of nitrogens with one attached hydrogen (secondary N) is 1. The van der Waals surface area contributed by atoms with Gasteiger partial charge >= 0.3 is 0 Å². The van der Waals surface area contributed by atoms with E-state index in [0.29, 0.717) is 11.9 Å². The molecule has 104 valence electrons. The van der Waals surface area contributed by atoms with Crippen molar-refractivity contribution < 1.29 is 4.92 Å². The summed E-state index contributed by atoms with van der Waals surface area (Å²) in [5.41, 5.74) is -0.0228. The lowest BCUT2D eigenvalue weighted by Gasteiger charge is -2.29. The molecule has 2 atom stereocenters. The quantitative estimate of drug-likeness (QED) is 0.515. The number of halogens is 1. The Hall–Kier alpha value is -1.36. The number of aromatic nitrogens is 1. The van der Waals surface area contributed by atoms with Crippen molar-refractivity contribution in [2.75, 3.05) is 5.32 Å². The van der Waals surface area contributed by atoms with Crippen LogP contribution in [0, 0.1) is 16.0 Å². The lowest BCUT2D eigenvalue weighted by molar-refractivity contribution is -0.384. The highest BCUT2D eigenvalue weighted by atomic mass is 35.5. The lowest BCUT2D eigenvalue weighted by atomic mass is 9.84. The van der Waals surface area contributed by atoms with Crippen molar-refractivity contribution in [3.8, 4) is 0 Å². The third-order valence-corrected chi connectivity index (χ3v) is 3.90. The maximum Gasteiger partial charge on any atom is 0.276 e. The van der Waals surface area contributed by atoms with Crippen molar-refractivity contribution in [1.29, 1.82) is 0 Å². The van der Waals surface area contributed by atoms with Gasteiger partial charge in [-0.3, -0.25) is 10.1 Å². The molecule has 0 aromatic carbocycles. The van der Waals surface area contributed by atoms with Gasteiger partial charge < -0.3 is 5.32 Å². The highest BCUT2D eigenvalue weighted by Gasteiger charge is 2.21. The maximum absolute atomic E-state index is 10.8. The van der Waals surface area contributed by atoms with Gasteiger partial charge in [0.1, 0.15) is 11.0 Å². The molecule has 2 rings (SSSR count). The predicted molar refractivity (Wildman–Crippen MR) is 75.6 cm³/mol. The Balaban J connectivity index is 2.08. The molecule has 1 aliphatic carbocycles. The van der Waals surface area contributed by atoms with Crippen LogP contribution >= 0.6 is 11.6 Å². The summed E-state index contributed by atoms with van der Waals surface area (Å²) in [6, 6.07) is 3.05. The first kappa shape index (κ1) is 14.1. The number of anilines is 1. The van der Waals surface area contributed by atoms with Crippen LogP contribution in [-0.4, -0.2) is 15.9 Å². The van der Waals surface area contributed by atoms with E-state index in [0.717, 1.165) is 18.8 Å². The van der Waals surface area contributed by atoms with Gasteiger partial charge in [-0.25, -0.2) is 4.98 Å². The summed E-state index contributed by atoms with van der Waals surface area (Å²) >= 11 is 5.81. The first-order valence-electron chi connectivity index (χ1n) is 6.67. The minimum absolute atomic E-state index is 0.0228. The molecule has 1 aliphatic rings. The van der Waals surface area contributed by atoms with Gasteiger partial charge in [0.25, 0.3) is 5.69 Å². The van der Waals surface area contributed by atoms with Crippen LogP contribution in [0.2, 0.25) is 5.15 Å². The zero-order chi connectivity index (χ0) is 13.8. The summed E-state index contributed by atoms with van der Waals surface area (Å²) in [6.45, 7) is 2.20. The molecule has 1 saturated carbocycles. The summed E-state index contributed by atoms with van der Waals surface area (Å²) in [4.78, 5) is 14.4. The average molecular weight is 284 g/mol. The first-order valence-corrected chi connectivity index (χ1v) is 7.04. The van der Waals surface area contributed by atoms with E-state index in [4.69, 9.17) is 11.6 Å². The van der Waals surface area contributed by atoms with E-state index >= 15 is 0 Å². The van der Waals surface area contributed by atoms with Crippen LogP contribution in [0.1, 0.15) is 39.0 Å².